The van der Waals surface area contributed by atoms with E-state index < -0.39 is 0 Å². The van der Waals surface area contributed by atoms with Crippen molar-refractivity contribution in [2.24, 2.45) is 0 Å². The van der Waals surface area contributed by atoms with Crippen LogP contribution in [-0.2, 0) is 6.54 Å². The fraction of sp³-hybridized carbons (Fsp3) is 0.231. The summed E-state index contributed by atoms with van der Waals surface area (Å²) in [4.78, 5) is 18.7. The molecule has 3 rings (SSSR count). The van der Waals surface area contributed by atoms with Crippen LogP contribution in [0.1, 0.15) is 23.2 Å². The van der Waals surface area contributed by atoms with Gasteiger partial charge < -0.3 is 9.32 Å². The summed E-state index contributed by atoms with van der Waals surface area (Å²) in [6.45, 7) is 3.40. The van der Waals surface area contributed by atoms with E-state index in [-0.39, 0.29) is 0 Å². The van der Waals surface area contributed by atoms with Gasteiger partial charge >= 0.3 is 0 Å². The zero-order valence-corrected chi connectivity index (χ0v) is 11.3. The van der Waals surface area contributed by atoms with Crippen LogP contribution >= 0.6 is 11.3 Å². The van der Waals surface area contributed by atoms with E-state index in [1.54, 1.807) is 6.26 Å². The van der Waals surface area contributed by atoms with E-state index in [1.807, 2.05) is 39.9 Å². The smallest absolute Gasteiger partial charge is 0.196 e. The largest absolute Gasteiger partial charge is 0.467 e. The minimum Gasteiger partial charge on any atom is -0.467 e. The zero-order chi connectivity index (χ0) is 13.2. The molecule has 0 N–H and O–H groups in total. The van der Waals surface area contributed by atoms with Gasteiger partial charge in [0.05, 0.1) is 12.8 Å². The summed E-state index contributed by atoms with van der Waals surface area (Å²) in [6, 6.07) is 3.78. The number of carbonyl (C=O) groups excluding carboxylic acids is 1. The van der Waals surface area contributed by atoms with E-state index in [2.05, 4.69) is 4.98 Å². The van der Waals surface area contributed by atoms with Gasteiger partial charge in [-0.25, -0.2) is 4.98 Å². The highest BCUT2D eigenvalue weighted by Gasteiger charge is 2.18. The fourth-order valence-corrected chi connectivity index (χ4v) is 2.78. The summed E-state index contributed by atoms with van der Waals surface area (Å²) < 4.78 is 7.17. The average Bonchev–Trinajstić information content (AvgIpc) is 3.11. The van der Waals surface area contributed by atoms with E-state index in [1.165, 1.54) is 11.3 Å². The lowest BCUT2D eigenvalue weighted by Crippen LogP contribution is -2.23. The minimum atomic E-state index is 0.588. The van der Waals surface area contributed by atoms with E-state index in [0.29, 0.717) is 18.1 Å². The number of rotatable bonds is 5. The van der Waals surface area contributed by atoms with Gasteiger partial charge in [0, 0.05) is 18.1 Å². The topological polar surface area (TPSA) is 50.8 Å². The normalized spacial score (nSPS) is 11.0. The second-order valence-electron chi connectivity index (χ2n) is 4.09. The van der Waals surface area contributed by atoms with E-state index >= 15 is 0 Å². The molecule has 0 spiro atoms. The van der Waals surface area contributed by atoms with Crippen molar-refractivity contribution in [1.29, 1.82) is 0 Å². The number of hydrogen-bond acceptors (Lipinski definition) is 5. The van der Waals surface area contributed by atoms with Crippen LogP contribution in [-0.4, -0.2) is 22.2 Å². The van der Waals surface area contributed by atoms with Gasteiger partial charge in [0.1, 0.15) is 11.5 Å². The molecule has 0 aromatic carbocycles. The average molecular weight is 275 g/mol. The molecule has 5 nitrogen and oxygen atoms in total. The summed E-state index contributed by atoms with van der Waals surface area (Å²) in [7, 11) is 0. The maximum atomic E-state index is 11.3. The molecule has 6 heteroatoms. The number of hydrogen-bond donors (Lipinski definition) is 0. The number of furan rings is 1. The zero-order valence-electron chi connectivity index (χ0n) is 10.4. The minimum absolute atomic E-state index is 0.588. The van der Waals surface area contributed by atoms with Gasteiger partial charge in [0.15, 0.2) is 17.1 Å². The quantitative estimate of drug-likeness (QED) is 0.672. The highest BCUT2D eigenvalue weighted by Crippen LogP contribution is 2.24. The monoisotopic (exact) mass is 275 g/mol. The molecule has 0 unspecified atom stereocenters. The summed E-state index contributed by atoms with van der Waals surface area (Å²) in [5.41, 5.74) is 0.588. The van der Waals surface area contributed by atoms with Gasteiger partial charge in [-0.2, -0.15) is 0 Å². The van der Waals surface area contributed by atoms with Gasteiger partial charge in [0.2, 0.25) is 0 Å². The third-order valence-electron chi connectivity index (χ3n) is 3.00. The summed E-state index contributed by atoms with van der Waals surface area (Å²) >= 11 is 1.52. The highest BCUT2D eigenvalue weighted by molar-refractivity contribution is 7.15. The van der Waals surface area contributed by atoms with Crippen molar-refractivity contribution >= 4 is 28.4 Å². The Morgan fingerprint density at radius 3 is 3.16 bits per heavy atom. The van der Waals surface area contributed by atoms with E-state index in [0.717, 1.165) is 23.6 Å². The van der Waals surface area contributed by atoms with Gasteiger partial charge in [-0.3, -0.25) is 9.20 Å². The van der Waals surface area contributed by atoms with Crippen molar-refractivity contribution in [3.63, 3.8) is 0 Å². The van der Waals surface area contributed by atoms with Crippen molar-refractivity contribution in [3.05, 3.63) is 41.4 Å². The summed E-state index contributed by atoms with van der Waals surface area (Å²) in [5, 5.41) is 1.92. The van der Waals surface area contributed by atoms with Crippen molar-refractivity contribution in [2.45, 2.75) is 13.5 Å². The molecule has 0 saturated carbocycles. The van der Waals surface area contributed by atoms with E-state index in [4.69, 9.17) is 4.42 Å². The van der Waals surface area contributed by atoms with Gasteiger partial charge in [-0.15, -0.1) is 11.3 Å². The van der Waals surface area contributed by atoms with Crippen LogP contribution in [0.25, 0.3) is 4.96 Å². The van der Waals surface area contributed by atoms with Crippen LogP contribution < -0.4 is 4.90 Å². The first-order chi connectivity index (χ1) is 9.33. The number of nitrogens with zero attached hydrogens (tertiary/aromatic N) is 3. The van der Waals surface area contributed by atoms with Gasteiger partial charge in [-0.1, -0.05) is 0 Å². The lowest BCUT2D eigenvalue weighted by Gasteiger charge is -2.19. The molecule has 0 radical (unpaired) electrons. The first kappa shape index (κ1) is 12.0. The van der Waals surface area contributed by atoms with Crippen LogP contribution in [0.2, 0.25) is 0 Å². The molecule has 0 aliphatic heterocycles. The number of fused-ring (bicyclic) bond motifs is 1. The predicted octanol–water partition coefficient (Wildman–Crippen LogP) is 2.83. The third-order valence-corrected chi connectivity index (χ3v) is 3.76. The van der Waals surface area contributed by atoms with Gasteiger partial charge in [0.25, 0.3) is 0 Å². The standard InChI is InChI=1S/C13H13N3O2S/c1-2-15(8-10-4-3-6-18-10)12-11(9-17)16-5-7-19-13(16)14-12/h3-7,9H,2,8H2,1H3. The molecule has 19 heavy (non-hydrogen) atoms. The van der Waals surface area contributed by atoms with Gasteiger partial charge in [-0.05, 0) is 19.1 Å². The highest BCUT2D eigenvalue weighted by atomic mass is 32.1. The first-order valence-corrected chi connectivity index (χ1v) is 6.89. The Hall–Kier alpha value is -2.08. The Morgan fingerprint density at radius 1 is 1.58 bits per heavy atom. The molecule has 0 bridgehead atoms. The van der Waals surface area contributed by atoms with Crippen LogP contribution in [0.3, 0.4) is 0 Å². The van der Waals surface area contributed by atoms with Crippen LogP contribution in [0.15, 0.2) is 34.4 Å². The number of thiazole rings is 1. The molecule has 0 aliphatic rings. The molecule has 0 atom stereocenters. The lowest BCUT2D eigenvalue weighted by molar-refractivity contribution is 0.111. The SMILES string of the molecule is CCN(Cc1ccco1)c1nc2sccn2c1C=O. The van der Waals surface area contributed by atoms with Crippen molar-refractivity contribution < 1.29 is 9.21 Å². The molecule has 0 fully saturated rings. The van der Waals surface area contributed by atoms with Crippen LogP contribution in [0.5, 0.6) is 0 Å². The number of anilines is 1. The number of imidazole rings is 1. The maximum Gasteiger partial charge on any atom is 0.196 e. The molecule has 3 aromatic heterocycles. The van der Waals surface area contributed by atoms with Crippen molar-refractivity contribution in [3.8, 4) is 0 Å². The molecule has 0 saturated heterocycles. The second-order valence-corrected chi connectivity index (χ2v) is 4.96. The Balaban J connectivity index is 2.00. The molecule has 3 heterocycles. The number of aromatic nitrogens is 2. The second kappa shape index (κ2) is 4.89. The molecule has 3 aromatic rings. The summed E-state index contributed by atoms with van der Waals surface area (Å²) in [5.74, 6) is 1.57. The molecule has 98 valence electrons. The number of carbonyl (C=O) groups is 1. The molecular weight excluding hydrogens is 262 g/mol. The Bertz CT molecular complexity index is 684. The van der Waals surface area contributed by atoms with Crippen LogP contribution in [0.4, 0.5) is 5.82 Å². The van der Waals surface area contributed by atoms with Crippen molar-refractivity contribution in [1.82, 2.24) is 9.38 Å². The molecule has 0 aliphatic carbocycles. The maximum absolute atomic E-state index is 11.3. The summed E-state index contributed by atoms with van der Waals surface area (Å²) in [6.07, 6.45) is 4.36. The Labute approximate surface area is 114 Å². The van der Waals surface area contributed by atoms with Crippen LogP contribution in [0, 0.1) is 0 Å². The molecular formula is C13H13N3O2S. The Morgan fingerprint density at radius 2 is 2.47 bits per heavy atom. The fourth-order valence-electron chi connectivity index (χ4n) is 2.06. The molecule has 0 amide bonds. The Kier molecular flexibility index (Phi) is 3.08. The first-order valence-electron chi connectivity index (χ1n) is 6.01. The third kappa shape index (κ3) is 2.04. The van der Waals surface area contributed by atoms with Crippen molar-refractivity contribution in [2.75, 3.05) is 11.4 Å². The van der Waals surface area contributed by atoms with E-state index in [9.17, 15) is 4.79 Å². The predicted molar refractivity (Wildman–Crippen MR) is 73.9 cm³/mol. The number of aldehydes is 1. The lowest BCUT2D eigenvalue weighted by atomic mass is 10.3.